The molecule has 44 heavy (non-hydrogen) atoms. The van der Waals surface area contributed by atoms with E-state index < -0.39 is 0 Å². The van der Waals surface area contributed by atoms with Crippen molar-refractivity contribution in [3.05, 3.63) is 158 Å². The molecule has 2 aliphatic heterocycles. The molecule has 0 unspecified atom stereocenters. The molecule has 0 amide bonds. The van der Waals surface area contributed by atoms with Crippen molar-refractivity contribution in [1.82, 2.24) is 0 Å². The summed E-state index contributed by atoms with van der Waals surface area (Å²) < 4.78 is 0. The predicted molar refractivity (Wildman–Crippen MR) is 185 cm³/mol. The van der Waals surface area contributed by atoms with E-state index in [1.165, 1.54) is 56.9 Å². The van der Waals surface area contributed by atoms with Gasteiger partial charge >= 0.3 is 0 Å². The molecule has 4 nitrogen and oxygen atoms in total. The molecule has 0 saturated carbocycles. The largest absolute Gasteiger partial charge is 0.338 e. The van der Waals surface area contributed by atoms with Gasteiger partial charge in [-0.3, -0.25) is 0 Å². The first-order chi connectivity index (χ1) is 21.9. The van der Waals surface area contributed by atoms with Crippen LogP contribution in [0.5, 0.6) is 0 Å². The Kier molecular flexibility index (Phi) is 6.73. The topological polar surface area (TPSA) is 13.0 Å². The summed E-state index contributed by atoms with van der Waals surface area (Å²) in [6.45, 7) is 1.90. The van der Waals surface area contributed by atoms with Gasteiger partial charge in [-0.25, -0.2) is 0 Å². The van der Waals surface area contributed by atoms with Gasteiger partial charge in [-0.1, -0.05) is 84.9 Å². The number of unbranched alkanes of at least 4 members (excludes halogenated alkanes) is 1. The van der Waals surface area contributed by atoms with Crippen molar-refractivity contribution in [3.8, 4) is 0 Å². The van der Waals surface area contributed by atoms with Crippen molar-refractivity contribution < 1.29 is 0 Å². The first kappa shape index (κ1) is 26.2. The molecule has 0 fully saturated rings. The molecule has 2 heterocycles. The van der Waals surface area contributed by atoms with Gasteiger partial charge in [0, 0.05) is 24.5 Å². The van der Waals surface area contributed by atoms with Gasteiger partial charge in [-0.15, -0.1) is 0 Å². The summed E-state index contributed by atoms with van der Waals surface area (Å²) in [6, 6.07) is 56.6. The lowest BCUT2D eigenvalue weighted by molar-refractivity contribution is 0.727. The molecule has 0 atom stereocenters. The van der Waals surface area contributed by atoms with Crippen LogP contribution in [0.15, 0.2) is 158 Å². The maximum absolute atomic E-state index is 2.51. The van der Waals surface area contributed by atoms with E-state index >= 15 is 0 Å². The van der Waals surface area contributed by atoms with E-state index in [1.807, 2.05) is 0 Å². The average molecular weight is 571 g/mol. The number of nitrogens with zero attached hydrogens (tertiary/aromatic N) is 4. The van der Waals surface area contributed by atoms with Crippen LogP contribution >= 0.6 is 0 Å². The minimum absolute atomic E-state index is 0.948. The van der Waals surface area contributed by atoms with Crippen molar-refractivity contribution >= 4 is 56.9 Å². The van der Waals surface area contributed by atoms with Crippen LogP contribution in [0, 0.1) is 0 Å². The Balaban J connectivity index is 1.07. The van der Waals surface area contributed by atoms with E-state index in [0.29, 0.717) is 0 Å². The highest BCUT2D eigenvalue weighted by Crippen LogP contribution is 2.52. The summed E-state index contributed by atoms with van der Waals surface area (Å²) in [5, 5.41) is 0. The van der Waals surface area contributed by atoms with E-state index in [0.717, 1.165) is 25.9 Å². The first-order valence-corrected chi connectivity index (χ1v) is 15.5. The summed E-state index contributed by atoms with van der Waals surface area (Å²) in [5.41, 5.74) is 12.2. The summed E-state index contributed by atoms with van der Waals surface area (Å²) >= 11 is 0. The first-order valence-electron chi connectivity index (χ1n) is 15.5. The molecule has 4 heteroatoms. The zero-order valence-corrected chi connectivity index (χ0v) is 24.6. The van der Waals surface area contributed by atoms with Gasteiger partial charge in [0.05, 0.1) is 45.5 Å². The molecule has 214 valence electrons. The molecule has 0 N–H and O–H groups in total. The molecular formula is C40H34N4. The Morgan fingerprint density at radius 2 is 0.523 bits per heavy atom. The lowest BCUT2D eigenvalue weighted by Gasteiger charge is -2.41. The Morgan fingerprint density at radius 3 is 0.818 bits per heavy atom. The molecule has 8 rings (SSSR count). The maximum Gasteiger partial charge on any atom is 0.0699 e. The third kappa shape index (κ3) is 4.47. The van der Waals surface area contributed by atoms with Gasteiger partial charge in [0.2, 0.25) is 0 Å². The maximum atomic E-state index is 2.51. The van der Waals surface area contributed by atoms with Crippen molar-refractivity contribution in [3.63, 3.8) is 0 Å². The van der Waals surface area contributed by atoms with E-state index in [9.17, 15) is 0 Å². The van der Waals surface area contributed by atoms with Crippen molar-refractivity contribution in [1.29, 1.82) is 0 Å². The SMILES string of the molecule is c1ccc(N2c3ccccc3N(CCCCN3c4ccccc4N(c4ccccc4)c4ccccc43)c3ccccc32)cc1. The third-order valence-corrected chi connectivity index (χ3v) is 8.70. The highest BCUT2D eigenvalue weighted by molar-refractivity contribution is 5.99. The van der Waals surface area contributed by atoms with Gasteiger partial charge in [-0.05, 0) is 85.6 Å². The number of anilines is 10. The second-order valence-electron chi connectivity index (χ2n) is 11.3. The lowest BCUT2D eigenvalue weighted by Crippen LogP contribution is -2.30. The summed E-state index contributed by atoms with van der Waals surface area (Å²) in [7, 11) is 0. The van der Waals surface area contributed by atoms with Crippen molar-refractivity contribution in [2.24, 2.45) is 0 Å². The molecule has 0 radical (unpaired) electrons. The second-order valence-corrected chi connectivity index (χ2v) is 11.3. The molecular weight excluding hydrogens is 536 g/mol. The monoisotopic (exact) mass is 570 g/mol. The third-order valence-electron chi connectivity index (χ3n) is 8.70. The minimum atomic E-state index is 0.948. The van der Waals surface area contributed by atoms with Gasteiger partial charge in [0.25, 0.3) is 0 Å². The second kappa shape index (κ2) is 11.3. The van der Waals surface area contributed by atoms with Crippen LogP contribution in [0.3, 0.4) is 0 Å². The highest BCUT2D eigenvalue weighted by Gasteiger charge is 2.30. The Labute approximate surface area is 259 Å². The van der Waals surface area contributed by atoms with Crippen LogP contribution in [-0.4, -0.2) is 13.1 Å². The molecule has 0 aromatic heterocycles. The molecule has 2 aliphatic rings. The molecule has 0 bridgehead atoms. The molecule has 0 saturated heterocycles. The molecule has 6 aromatic carbocycles. The zero-order valence-electron chi connectivity index (χ0n) is 24.6. The van der Waals surface area contributed by atoms with Crippen LogP contribution in [0.2, 0.25) is 0 Å². The van der Waals surface area contributed by atoms with Gasteiger partial charge < -0.3 is 19.6 Å². The van der Waals surface area contributed by atoms with E-state index in [2.05, 4.69) is 177 Å². The quantitative estimate of drug-likeness (QED) is 0.177. The lowest BCUT2D eigenvalue weighted by atomic mass is 10.0. The van der Waals surface area contributed by atoms with Gasteiger partial charge in [0.15, 0.2) is 0 Å². The fourth-order valence-corrected chi connectivity index (χ4v) is 6.78. The summed E-state index contributed by atoms with van der Waals surface area (Å²) in [5.74, 6) is 0. The number of para-hydroxylation sites is 10. The fourth-order valence-electron chi connectivity index (χ4n) is 6.78. The fraction of sp³-hybridized carbons (Fsp3) is 0.100. The summed E-state index contributed by atoms with van der Waals surface area (Å²) in [6.07, 6.45) is 2.13. The van der Waals surface area contributed by atoms with Crippen LogP contribution in [0.25, 0.3) is 0 Å². The van der Waals surface area contributed by atoms with Gasteiger partial charge in [-0.2, -0.15) is 0 Å². The van der Waals surface area contributed by atoms with Crippen LogP contribution < -0.4 is 19.6 Å². The van der Waals surface area contributed by atoms with E-state index in [-0.39, 0.29) is 0 Å². The van der Waals surface area contributed by atoms with E-state index in [4.69, 9.17) is 0 Å². The smallest absolute Gasteiger partial charge is 0.0699 e. The summed E-state index contributed by atoms with van der Waals surface area (Å²) in [4.78, 5) is 9.81. The number of benzene rings is 6. The Morgan fingerprint density at radius 1 is 0.273 bits per heavy atom. The minimum Gasteiger partial charge on any atom is -0.338 e. The molecule has 0 spiro atoms. The average Bonchev–Trinajstić information content (AvgIpc) is 3.10. The van der Waals surface area contributed by atoms with Gasteiger partial charge in [0.1, 0.15) is 0 Å². The molecule has 0 aliphatic carbocycles. The van der Waals surface area contributed by atoms with Crippen LogP contribution in [0.1, 0.15) is 12.8 Å². The standard InChI is InChI=1S/C40H34N4/c1-3-17-31(18-4-1)43-37-25-11-7-21-33(37)41(34-22-8-12-26-38(34)43)29-15-16-30-42-35-23-9-13-27-39(35)44(32-19-5-2-6-20-32)40-28-14-10-24-36(40)42/h1-14,17-28H,15-16,29-30H2. The number of hydrogen-bond acceptors (Lipinski definition) is 4. The number of hydrogen-bond donors (Lipinski definition) is 0. The van der Waals surface area contributed by atoms with Crippen molar-refractivity contribution in [2.45, 2.75) is 12.8 Å². The predicted octanol–water partition coefficient (Wildman–Crippen LogP) is 11.0. The van der Waals surface area contributed by atoms with Crippen molar-refractivity contribution in [2.75, 3.05) is 32.7 Å². The highest BCUT2D eigenvalue weighted by atomic mass is 15.3. The Bertz CT molecular complexity index is 1670. The van der Waals surface area contributed by atoms with Crippen LogP contribution in [0.4, 0.5) is 56.9 Å². The number of rotatable bonds is 7. The van der Waals surface area contributed by atoms with Crippen LogP contribution in [-0.2, 0) is 0 Å². The zero-order chi connectivity index (χ0) is 29.3. The molecule has 6 aromatic rings. The normalized spacial score (nSPS) is 13.2. The Hall–Kier alpha value is -5.48. The number of fused-ring (bicyclic) bond motifs is 4. The van der Waals surface area contributed by atoms with E-state index in [1.54, 1.807) is 0 Å².